The van der Waals surface area contributed by atoms with Crippen LogP contribution in [0.4, 0.5) is 0 Å². The van der Waals surface area contributed by atoms with E-state index in [1.54, 1.807) is 11.8 Å². The maximum Gasteiger partial charge on any atom is 0.208 e. The zero-order chi connectivity index (χ0) is 13.1. The van der Waals surface area contributed by atoms with Gasteiger partial charge in [-0.05, 0) is 31.9 Å². The maximum atomic E-state index is 5.66. The highest BCUT2D eigenvalue weighted by atomic mass is 32.2. The van der Waals surface area contributed by atoms with Crippen LogP contribution < -0.4 is 4.74 Å². The van der Waals surface area contributed by atoms with Gasteiger partial charge in [-0.15, -0.1) is 5.10 Å². The number of benzene rings is 1. The molecule has 1 aliphatic carbocycles. The number of aromatic nitrogens is 3. The molecule has 1 aliphatic rings. The first-order valence-electron chi connectivity index (χ1n) is 6.56. The summed E-state index contributed by atoms with van der Waals surface area (Å²) in [4.78, 5) is 4.47. The van der Waals surface area contributed by atoms with Crippen LogP contribution in [0.5, 0.6) is 5.75 Å². The van der Waals surface area contributed by atoms with Gasteiger partial charge in [-0.2, -0.15) is 0 Å². The molecular formula is C14H17N3OS. The van der Waals surface area contributed by atoms with Crippen LogP contribution in [0, 0.1) is 6.92 Å². The van der Waals surface area contributed by atoms with Crippen molar-refractivity contribution < 1.29 is 4.74 Å². The van der Waals surface area contributed by atoms with Gasteiger partial charge in [0.15, 0.2) is 0 Å². The second-order valence-electron chi connectivity index (χ2n) is 4.79. The highest BCUT2D eigenvalue weighted by molar-refractivity contribution is 7.99. The third kappa shape index (κ3) is 3.50. The predicted octanol–water partition coefficient (Wildman–Crippen LogP) is 3.16. The maximum absolute atomic E-state index is 5.66. The van der Waals surface area contributed by atoms with E-state index in [2.05, 4.69) is 34.2 Å². The average molecular weight is 275 g/mol. The largest absolute Gasteiger partial charge is 0.493 e. The Morgan fingerprint density at radius 1 is 1.32 bits per heavy atom. The van der Waals surface area contributed by atoms with Crippen molar-refractivity contribution in [2.24, 2.45) is 0 Å². The molecule has 0 unspecified atom stereocenters. The number of hydrogen-bond donors (Lipinski definition) is 1. The first-order chi connectivity index (χ1) is 9.31. The van der Waals surface area contributed by atoms with Crippen LogP contribution in [0.25, 0.3) is 0 Å². The number of aromatic amines is 1. The first-order valence-corrected chi connectivity index (χ1v) is 7.54. The molecule has 0 radical (unpaired) electrons. The van der Waals surface area contributed by atoms with Crippen LogP contribution in [0.3, 0.4) is 0 Å². The summed E-state index contributed by atoms with van der Waals surface area (Å²) < 4.78 is 5.66. The van der Waals surface area contributed by atoms with Crippen molar-refractivity contribution in [1.82, 2.24) is 15.2 Å². The van der Waals surface area contributed by atoms with Gasteiger partial charge < -0.3 is 4.74 Å². The number of nitrogens with zero attached hydrogens (tertiary/aromatic N) is 2. The smallest absolute Gasteiger partial charge is 0.208 e. The molecule has 1 saturated carbocycles. The summed E-state index contributed by atoms with van der Waals surface area (Å²) >= 11 is 1.63. The number of H-pyrrole nitrogens is 1. The van der Waals surface area contributed by atoms with Crippen LogP contribution in [0.15, 0.2) is 29.4 Å². The third-order valence-electron chi connectivity index (χ3n) is 3.05. The third-order valence-corrected chi connectivity index (χ3v) is 3.86. The lowest BCUT2D eigenvalue weighted by Crippen LogP contribution is -2.00. The van der Waals surface area contributed by atoms with E-state index in [1.807, 2.05) is 12.1 Å². The second kappa shape index (κ2) is 5.65. The molecule has 19 heavy (non-hydrogen) atoms. The lowest BCUT2D eigenvalue weighted by Gasteiger charge is -2.04. The minimum Gasteiger partial charge on any atom is -0.493 e. The molecule has 0 saturated heterocycles. The fraction of sp³-hybridized carbons (Fsp3) is 0.429. The van der Waals surface area contributed by atoms with Gasteiger partial charge in [-0.25, -0.2) is 4.98 Å². The fourth-order valence-electron chi connectivity index (χ4n) is 1.79. The van der Waals surface area contributed by atoms with Crippen molar-refractivity contribution in [1.29, 1.82) is 0 Å². The van der Waals surface area contributed by atoms with Crippen molar-refractivity contribution in [2.75, 3.05) is 12.4 Å². The summed E-state index contributed by atoms with van der Waals surface area (Å²) in [6, 6.07) is 8.11. The van der Waals surface area contributed by atoms with E-state index in [0.29, 0.717) is 12.5 Å². The van der Waals surface area contributed by atoms with Crippen molar-refractivity contribution >= 4 is 11.8 Å². The highest BCUT2D eigenvalue weighted by Crippen LogP contribution is 2.38. The standard InChI is InChI=1S/C14H17N3OS/c1-10-2-6-12(7-3-10)18-8-9-19-14-15-13(16-17-14)11-4-5-11/h2-3,6-7,11H,4-5,8-9H2,1H3,(H,15,16,17). The molecule has 1 heterocycles. The zero-order valence-corrected chi connectivity index (χ0v) is 11.7. The molecule has 1 fully saturated rings. The van der Waals surface area contributed by atoms with Gasteiger partial charge in [0.2, 0.25) is 5.16 Å². The van der Waals surface area contributed by atoms with E-state index >= 15 is 0 Å². The molecule has 0 aliphatic heterocycles. The molecule has 5 heteroatoms. The van der Waals surface area contributed by atoms with E-state index in [-0.39, 0.29) is 0 Å². The molecule has 1 aromatic heterocycles. The number of ether oxygens (including phenoxy) is 1. The molecule has 0 spiro atoms. The normalized spacial score (nSPS) is 14.6. The van der Waals surface area contributed by atoms with Gasteiger partial charge >= 0.3 is 0 Å². The van der Waals surface area contributed by atoms with Gasteiger partial charge in [-0.1, -0.05) is 29.5 Å². The Balaban J connectivity index is 1.41. The van der Waals surface area contributed by atoms with Crippen LogP contribution in [-0.4, -0.2) is 27.5 Å². The Kier molecular flexibility index (Phi) is 3.73. The van der Waals surface area contributed by atoms with Gasteiger partial charge in [0.1, 0.15) is 11.6 Å². The summed E-state index contributed by atoms with van der Waals surface area (Å²) in [6.45, 7) is 2.74. The Morgan fingerprint density at radius 2 is 2.11 bits per heavy atom. The quantitative estimate of drug-likeness (QED) is 0.650. The van der Waals surface area contributed by atoms with Crippen molar-refractivity contribution in [3.63, 3.8) is 0 Å². The molecule has 1 aromatic carbocycles. The van der Waals surface area contributed by atoms with E-state index in [1.165, 1.54) is 18.4 Å². The highest BCUT2D eigenvalue weighted by Gasteiger charge is 2.27. The van der Waals surface area contributed by atoms with Crippen LogP contribution in [0.2, 0.25) is 0 Å². The molecule has 100 valence electrons. The monoisotopic (exact) mass is 275 g/mol. The SMILES string of the molecule is Cc1ccc(OCCSc2n[nH]c(C3CC3)n2)cc1. The number of thioether (sulfide) groups is 1. The van der Waals surface area contributed by atoms with Crippen LogP contribution in [-0.2, 0) is 0 Å². The van der Waals surface area contributed by atoms with E-state index < -0.39 is 0 Å². The second-order valence-corrected chi connectivity index (χ2v) is 5.85. The van der Waals surface area contributed by atoms with Gasteiger partial charge in [0.05, 0.1) is 6.61 Å². The summed E-state index contributed by atoms with van der Waals surface area (Å²) in [7, 11) is 0. The number of hydrogen-bond acceptors (Lipinski definition) is 4. The lowest BCUT2D eigenvalue weighted by atomic mass is 10.2. The molecule has 0 amide bonds. The molecule has 1 N–H and O–H groups in total. The van der Waals surface area contributed by atoms with Gasteiger partial charge in [0, 0.05) is 11.7 Å². The van der Waals surface area contributed by atoms with Crippen molar-refractivity contribution in [3.05, 3.63) is 35.7 Å². The number of rotatable bonds is 6. The number of aryl methyl sites for hydroxylation is 1. The van der Waals surface area contributed by atoms with Crippen molar-refractivity contribution in [3.8, 4) is 5.75 Å². The van der Waals surface area contributed by atoms with E-state index in [4.69, 9.17) is 4.74 Å². The summed E-state index contributed by atoms with van der Waals surface area (Å²) in [5.41, 5.74) is 1.25. The number of nitrogens with one attached hydrogen (secondary N) is 1. The molecule has 4 nitrogen and oxygen atoms in total. The van der Waals surface area contributed by atoms with Crippen LogP contribution >= 0.6 is 11.8 Å². The lowest BCUT2D eigenvalue weighted by molar-refractivity contribution is 0.344. The molecule has 3 rings (SSSR count). The Hall–Kier alpha value is -1.49. The summed E-state index contributed by atoms with van der Waals surface area (Å²) in [6.07, 6.45) is 2.49. The molecule has 0 bridgehead atoms. The average Bonchev–Trinajstić information content (AvgIpc) is 3.17. The van der Waals surface area contributed by atoms with Crippen LogP contribution in [0.1, 0.15) is 30.1 Å². The molecule has 2 aromatic rings. The van der Waals surface area contributed by atoms with Crippen molar-refractivity contribution in [2.45, 2.75) is 30.8 Å². The van der Waals surface area contributed by atoms with E-state index in [0.717, 1.165) is 22.5 Å². The predicted molar refractivity (Wildman–Crippen MR) is 75.8 cm³/mol. The minimum absolute atomic E-state index is 0.630. The first kappa shape index (κ1) is 12.5. The Labute approximate surface area is 117 Å². The molecule has 0 atom stereocenters. The summed E-state index contributed by atoms with van der Waals surface area (Å²) in [5, 5.41) is 8.04. The summed E-state index contributed by atoms with van der Waals surface area (Å²) in [5.74, 6) is 3.45. The Bertz CT molecular complexity index is 534. The van der Waals surface area contributed by atoms with Gasteiger partial charge in [0.25, 0.3) is 0 Å². The van der Waals surface area contributed by atoms with E-state index in [9.17, 15) is 0 Å². The molecular weight excluding hydrogens is 258 g/mol. The van der Waals surface area contributed by atoms with Gasteiger partial charge in [-0.3, -0.25) is 5.10 Å². The topological polar surface area (TPSA) is 50.8 Å². The Morgan fingerprint density at radius 3 is 2.84 bits per heavy atom. The minimum atomic E-state index is 0.630. The fourth-order valence-corrected chi connectivity index (χ4v) is 2.41. The zero-order valence-electron chi connectivity index (χ0n) is 10.9.